The van der Waals surface area contributed by atoms with Crippen molar-refractivity contribution in [1.82, 2.24) is 4.90 Å². The fourth-order valence-electron chi connectivity index (χ4n) is 3.55. The van der Waals surface area contributed by atoms with Gasteiger partial charge in [0.15, 0.2) is 0 Å². The topological polar surface area (TPSA) is 84.7 Å². The van der Waals surface area contributed by atoms with Crippen LogP contribution in [0.15, 0.2) is 54.6 Å². The molecule has 0 saturated carbocycles. The first-order valence-corrected chi connectivity index (χ1v) is 10.0. The minimum absolute atomic E-state index is 0.00338. The molecule has 31 heavy (non-hydrogen) atoms. The zero-order valence-corrected chi connectivity index (χ0v) is 17.0. The van der Waals surface area contributed by atoms with Gasteiger partial charge in [0.25, 0.3) is 0 Å². The lowest BCUT2D eigenvalue weighted by Gasteiger charge is -2.30. The minimum atomic E-state index is -2.94. The number of para-hydroxylation sites is 1. The molecule has 164 valence electrons. The Balaban J connectivity index is 1.57. The number of benzene rings is 2. The van der Waals surface area contributed by atoms with Crippen molar-refractivity contribution >= 4 is 23.6 Å². The molecular weight excluding hydrogens is 404 g/mol. The van der Waals surface area contributed by atoms with Gasteiger partial charge in [0.1, 0.15) is 5.75 Å². The lowest BCUT2D eigenvalue weighted by Crippen LogP contribution is -2.38. The van der Waals surface area contributed by atoms with E-state index in [0.29, 0.717) is 17.8 Å². The Hall–Kier alpha value is -3.26. The van der Waals surface area contributed by atoms with Gasteiger partial charge in [-0.05, 0) is 55.8 Å². The van der Waals surface area contributed by atoms with Gasteiger partial charge in [-0.15, -0.1) is 0 Å². The van der Waals surface area contributed by atoms with Crippen molar-refractivity contribution in [2.75, 3.05) is 18.4 Å². The van der Waals surface area contributed by atoms with Crippen LogP contribution in [0.4, 0.5) is 14.5 Å². The summed E-state index contributed by atoms with van der Waals surface area (Å²) < 4.78 is 29.5. The number of hydrogen-bond acceptors (Lipinski definition) is 4. The Morgan fingerprint density at radius 2 is 1.90 bits per heavy atom. The molecule has 2 aromatic rings. The van der Waals surface area contributed by atoms with Gasteiger partial charge in [0.05, 0.1) is 0 Å². The third-order valence-corrected chi connectivity index (χ3v) is 5.14. The van der Waals surface area contributed by atoms with E-state index in [1.54, 1.807) is 24.3 Å². The van der Waals surface area contributed by atoms with Crippen LogP contribution in [-0.4, -0.2) is 36.4 Å². The molecule has 1 heterocycles. The quantitative estimate of drug-likeness (QED) is 0.628. The Bertz CT molecular complexity index is 941. The molecule has 6 nitrogen and oxygen atoms in total. The van der Waals surface area contributed by atoms with Crippen molar-refractivity contribution in [2.45, 2.75) is 26.0 Å². The van der Waals surface area contributed by atoms with Crippen LogP contribution in [0.5, 0.6) is 5.75 Å². The fourth-order valence-corrected chi connectivity index (χ4v) is 3.55. The van der Waals surface area contributed by atoms with Crippen molar-refractivity contribution in [1.29, 1.82) is 0 Å². The average molecular weight is 429 g/mol. The number of alkyl halides is 2. The molecule has 3 N–H and O–H groups in total. The predicted molar refractivity (Wildman–Crippen MR) is 114 cm³/mol. The molecule has 2 amide bonds. The standard InChI is InChI=1S/C23H25F2N3O3/c24-23(25)31-20-7-2-1-5-17(20)8-9-21(29)27-19-6-3-4-16(14-19)15-28-12-10-18(11-13-28)22(26)30/h1-9,14,18,23H,10-13,15H2,(H2,26,30)(H,27,29)/b9-8+. The maximum atomic E-state index is 12.5. The summed E-state index contributed by atoms with van der Waals surface area (Å²) in [7, 11) is 0. The normalized spacial score (nSPS) is 15.3. The number of rotatable bonds is 8. The van der Waals surface area contributed by atoms with E-state index in [1.807, 2.05) is 18.2 Å². The number of carbonyl (C=O) groups is 2. The lowest BCUT2D eigenvalue weighted by atomic mass is 9.96. The van der Waals surface area contributed by atoms with Gasteiger partial charge < -0.3 is 15.8 Å². The predicted octanol–water partition coefficient (Wildman–Crippen LogP) is 3.64. The molecule has 0 unspecified atom stereocenters. The monoisotopic (exact) mass is 429 g/mol. The Morgan fingerprint density at radius 3 is 2.61 bits per heavy atom. The SMILES string of the molecule is NC(=O)C1CCN(Cc2cccc(NC(=O)/C=C/c3ccccc3OC(F)F)c2)CC1. The summed E-state index contributed by atoms with van der Waals surface area (Å²) in [5.74, 6) is -0.666. The number of primary amides is 1. The van der Waals surface area contributed by atoms with E-state index in [-0.39, 0.29) is 23.5 Å². The molecule has 1 aliphatic heterocycles. The number of nitrogens with two attached hydrogens (primary N) is 1. The molecular formula is C23H25F2N3O3. The fraction of sp³-hybridized carbons (Fsp3) is 0.304. The third-order valence-electron chi connectivity index (χ3n) is 5.14. The summed E-state index contributed by atoms with van der Waals surface area (Å²) in [4.78, 5) is 25.8. The second-order valence-corrected chi connectivity index (χ2v) is 7.39. The van der Waals surface area contributed by atoms with E-state index in [9.17, 15) is 18.4 Å². The van der Waals surface area contributed by atoms with Gasteiger partial charge in [-0.3, -0.25) is 14.5 Å². The molecule has 0 radical (unpaired) electrons. The smallest absolute Gasteiger partial charge is 0.387 e. The summed E-state index contributed by atoms with van der Waals surface area (Å²) >= 11 is 0. The van der Waals surface area contributed by atoms with E-state index in [1.165, 1.54) is 18.2 Å². The number of amides is 2. The number of anilines is 1. The van der Waals surface area contributed by atoms with Crippen molar-refractivity contribution < 1.29 is 23.1 Å². The van der Waals surface area contributed by atoms with Crippen LogP contribution >= 0.6 is 0 Å². The number of likely N-dealkylation sites (tertiary alicyclic amines) is 1. The summed E-state index contributed by atoms with van der Waals surface area (Å²) in [5, 5.41) is 2.78. The number of halogens is 2. The highest BCUT2D eigenvalue weighted by atomic mass is 19.3. The second kappa shape index (κ2) is 10.7. The molecule has 0 aliphatic carbocycles. The van der Waals surface area contributed by atoms with Crippen LogP contribution in [0, 0.1) is 5.92 Å². The van der Waals surface area contributed by atoms with Gasteiger partial charge in [-0.1, -0.05) is 30.3 Å². The van der Waals surface area contributed by atoms with E-state index in [2.05, 4.69) is 15.0 Å². The molecule has 1 fully saturated rings. The zero-order chi connectivity index (χ0) is 22.2. The second-order valence-electron chi connectivity index (χ2n) is 7.39. The minimum Gasteiger partial charge on any atom is -0.434 e. The van der Waals surface area contributed by atoms with Crippen LogP contribution < -0.4 is 15.8 Å². The van der Waals surface area contributed by atoms with Crippen LogP contribution in [0.25, 0.3) is 6.08 Å². The third kappa shape index (κ3) is 6.89. The van der Waals surface area contributed by atoms with Gasteiger partial charge in [0, 0.05) is 29.8 Å². The summed E-state index contributed by atoms with van der Waals surface area (Å²) in [6, 6.07) is 13.8. The van der Waals surface area contributed by atoms with Gasteiger partial charge in [0.2, 0.25) is 11.8 Å². The van der Waals surface area contributed by atoms with E-state index >= 15 is 0 Å². The maximum Gasteiger partial charge on any atom is 0.387 e. The Kier molecular flexibility index (Phi) is 7.72. The molecule has 2 aromatic carbocycles. The highest BCUT2D eigenvalue weighted by Gasteiger charge is 2.23. The van der Waals surface area contributed by atoms with Crippen LogP contribution in [0.1, 0.15) is 24.0 Å². The molecule has 0 atom stereocenters. The molecule has 0 bridgehead atoms. The highest BCUT2D eigenvalue weighted by Crippen LogP contribution is 2.22. The summed E-state index contributed by atoms with van der Waals surface area (Å²) in [5.41, 5.74) is 7.43. The largest absolute Gasteiger partial charge is 0.434 e. The summed E-state index contributed by atoms with van der Waals surface area (Å²) in [6.07, 6.45) is 4.22. The van der Waals surface area contributed by atoms with Crippen molar-refractivity contribution in [2.24, 2.45) is 11.7 Å². The van der Waals surface area contributed by atoms with Crippen molar-refractivity contribution in [3.8, 4) is 5.75 Å². The number of nitrogens with one attached hydrogen (secondary N) is 1. The summed E-state index contributed by atoms with van der Waals surface area (Å²) in [6.45, 7) is -0.628. The number of carbonyl (C=O) groups excluding carboxylic acids is 2. The molecule has 1 aliphatic rings. The van der Waals surface area contributed by atoms with E-state index < -0.39 is 6.61 Å². The van der Waals surface area contributed by atoms with Gasteiger partial charge >= 0.3 is 6.61 Å². The van der Waals surface area contributed by atoms with Gasteiger partial charge in [-0.25, -0.2) is 0 Å². The Morgan fingerprint density at radius 1 is 1.16 bits per heavy atom. The number of nitrogens with zero attached hydrogens (tertiary/aromatic N) is 1. The van der Waals surface area contributed by atoms with Crippen molar-refractivity contribution in [3.05, 3.63) is 65.7 Å². The lowest BCUT2D eigenvalue weighted by molar-refractivity contribution is -0.123. The van der Waals surface area contributed by atoms with E-state index in [4.69, 9.17) is 5.73 Å². The number of piperidine rings is 1. The van der Waals surface area contributed by atoms with Crippen molar-refractivity contribution in [3.63, 3.8) is 0 Å². The van der Waals surface area contributed by atoms with E-state index in [0.717, 1.165) is 31.5 Å². The highest BCUT2D eigenvalue weighted by molar-refractivity contribution is 6.02. The first-order valence-electron chi connectivity index (χ1n) is 10.0. The first-order chi connectivity index (χ1) is 14.9. The van der Waals surface area contributed by atoms with Crippen LogP contribution in [0.2, 0.25) is 0 Å². The molecule has 0 aromatic heterocycles. The molecule has 3 rings (SSSR count). The van der Waals surface area contributed by atoms with Gasteiger partial charge in [-0.2, -0.15) is 8.78 Å². The number of ether oxygens (including phenoxy) is 1. The molecule has 8 heteroatoms. The zero-order valence-electron chi connectivity index (χ0n) is 17.0. The van der Waals surface area contributed by atoms with Crippen LogP contribution in [0.3, 0.4) is 0 Å². The average Bonchev–Trinajstić information content (AvgIpc) is 2.73. The first kappa shape index (κ1) is 22.4. The number of hydrogen-bond donors (Lipinski definition) is 2. The molecule has 0 spiro atoms. The van der Waals surface area contributed by atoms with Crippen LogP contribution in [-0.2, 0) is 16.1 Å². The maximum absolute atomic E-state index is 12.5. The Labute approximate surface area is 179 Å². The molecule has 1 saturated heterocycles.